The van der Waals surface area contributed by atoms with E-state index >= 15 is 0 Å². The minimum absolute atomic E-state index is 0.599. The molecule has 0 bridgehead atoms. The monoisotopic (exact) mass is 657 g/mol. The molecule has 0 atom stereocenters. The molecule has 3 heterocycles. The van der Waals surface area contributed by atoms with E-state index in [4.69, 9.17) is 19.4 Å². The van der Waals surface area contributed by atoms with Crippen LogP contribution in [0, 0.1) is 0 Å². The van der Waals surface area contributed by atoms with Crippen LogP contribution in [-0.2, 0) is 0 Å². The molecule has 234 valence electrons. The van der Waals surface area contributed by atoms with Crippen LogP contribution in [0.3, 0.4) is 0 Å². The molecule has 7 aromatic carbocycles. The number of furan rings is 1. The Balaban J connectivity index is 1.12. The summed E-state index contributed by atoms with van der Waals surface area (Å²) in [6.45, 7) is 0. The quantitative estimate of drug-likeness (QED) is 0.185. The van der Waals surface area contributed by atoms with Crippen LogP contribution in [0.2, 0.25) is 0 Å². The summed E-state index contributed by atoms with van der Waals surface area (Å²) in [5.41, 5.74) is 9.20. The van der Waals surface area contributed by atoms with Crippen molar-refractivity contribution in [2.24, 2.45) is 0 Å². The Bertz CT molecular complexity index is 2870. The van der Waals surface area contributed by atoms with E-state index in [-0.39, 0.29) is 0 Å². The molecule has 4 nitrogen and oxygen atoms in total. The number of para-hydroxylation sites is 1. The molecule has 0 aliphatic carbocycles. The molecule has 0 aliphatic rings. The molecule has 10 rings (SSSR count). The first-order valence-electron chi connectivity index (χ1n) is 16.6. The minimum atomic E-state index is 0.599. The molecule has 3 aromatic heterocycles. The molecule has 0 fully saturated rings. The van der Waals surface area contributed by atoms with E-state index in [0.29, 0.717) is 17.5 Å². The van der Waals surface area contributed by atoms with Crippen LogP contribution < -0.4 is 0 Å². The highest BCUT2D eigenvalue weighted by Crippen LogP contribution is 2.44. The van der Waals surface area contributed by atoms with Crippen molar-refractivity contribution in [1.29, 1.82) is 0 Å². The van der Waals surface area contributed by atoms with Gasteiger partial charge in [-0.25, -0.2) is 15.0 Å². The van der Waals surface area contributed by atoms with Gasteiger partial charge in [0, 0.05) is 47.6 Å². The van der Waals surface area contributed by atoms with E-state index in [0.717, 1.165) is 44.2 Å². The molecule has 5 heteroatoms. The average molecular weight is 658 g/mol. The summed E-state index contributed by atoms with van der Waals surface area (Å²) in [6, 6.07) is 56.8. The standard InChI is InChI=1S/C45H27N3OS/c1-3-12-28(13-4-1)33-19-10-21-37-38-22-11-20-34(42(38)50-41(33)37)30-16-9-17-31(26-30)44-46-43(29-14-5-2-6-15-29)47-45(48-44)32-24-25-36-35-18-7-8-23-39(35)49-40(36)27-32/h1-27H. The van der Waals surface area contributed by atoms with Crippen molar-refractivity contribution in [3.8, 4) is 56.4 Å². The van der Waals surface area contributed by atoms with Gasteiger partial charge in [-0.3, -0.25) is 0 Å². The summed E-state index contributed by atoms with van der Waals surface area (Å²) in [5.74, 6) is 1.85. The third-order valence-corrected chi connectivity index (χ3v) is 10.6. The first kappa shape index (κ1) is 28.6. The third-order valence-electron chi connectivity index (χ3n) is 9.35. The number of thiophene rings is 1. The Morgan fingerprint density at radius 2 is 0.840 bits per heavy atom. The Hall–Kier alpha value is -6.43. The van der Waals surface area contributed by atoms with Crippen LogP contribution in [0.25, 0.3) is 98.5 Å². The second-order valence-electron chi connectivity index (χ2n) is 12.4. The summed E-state index contributed by atoms with van der Waals surface area (Å²) in [7, 11) is 0. The Kier molecular flexibility index (Phi) is 6.64. The van der Waals surface area contributed by atoms with E-state index in [1.165, 1.54) is 36.9 Å². The van der Waals surface area contributed by atoms with Crippen molar-refractivity contribution in [1.82, 2.24) is 15.0 Å². The SMILES string of the molecule is c1ccc(-c2nc(-c3cccc(-c4cccc5c4sc4c(-c6ccccc6)cccc45)c3)nc(-c3ccc4c(c3)oc3ccccc34)n2)cc1. The van der Waals surface area contributed by atoms with E-state index in [1.54, 1.807) is 0 Å². The van der Waals surface area contributed by atoms with Crippen LogP contribution >= 0.6 is 11.3 Å². The van der Waals surface area contributed by atoms with Gasteiger partial charge in [0.25, 0.3) is 0 Å². The molecule has 0 spiro atoms. The van der Waals surface area contributed by atoms with Gasteiger partial charge in [-0.05, 0) is 46.5 Å². The van der Waals surface area contributed by atoms with Crippen LogP contribution in [0.5, 0.6) is 0 Å². The topological polar surface area (TPSA) is 51.8 Å². The minimum Gasteiger partial charge on any atom is -0.456 e. The van der Waals surface area contributed by atoms with E-state index < -0.39 is 0 Å². The van der Waals surface area contributed by atoms with Gasteiger partial charge in [0.2, 0.25) is 0 Å². The predicted octanol–water partition coefficient (Wildman–Crippen LogP) is 12.5. The number of hydrogen-bond acceptors (Lipinski definition) is 5. The normalized spacial score (nSPS) is 11.6. The molecule has 0 radical (unpaired) electrons. The molecule has 0 saturated heterocycles. The molecule has 0 saturated carbocycles. The van der Waals surface area contributed by atoms with Crippen molar-refractivity contribution in [2.45, 2.75) is 0 Å². The van der Waals surface area contributed by atoms with E-state index in [9.17, 15) is 0 Å². The maximum absolute atomic E-state index is 6.23. The van der Waals surface area contributed by atoms with Gasteiger partial charge in [0.15, 0.2) is 17.5 Å². The Morgan fingerprint density at radius 3 is 1.56 bits per heavy atom. The maximum atomic E-state index is 6.23. The van der Waals surface area contributed by atoms with Gasteiger partial charge < -0.3 is 4.42 Å². The lowest BCUT2D eigenvalue weighted by atomic mass is 9.99. The lowest BCUT2D eigenvalue weighted by molar-refractivity contribution is 0.669. The van der Waals surface area contributed by atoms with Gasteiger partial charge in [-0.2, -0.15) is 0 Å². The molecule has 10 aromatic rings. The number of nitrogens with zero attached hydrogens (tertiary/aromatic N) is 3. The first-order chi connectivity index (χ1) is 24.8. The van der Waals surface area contributed by atoms with Gasteiger partial charge in [0.05, 0.1) is 0 Å². The van der Waals surface area contributed by atoms with Crippen molar-refractivity contribution in [3.05, 3.63) is 164 Å². The van der Waals surface area contributed by atoms with Crippen molar-refractivity contribution in [2.75, 3.05) is 0 Å². The fourth-order valence-corrected chi connectivity index (χ4v) is 8.31. The van der Waals surface area contributed by atoms with Crippen LogP contribution in [0.4, 0.5) is 0 Å². The molecule has 0 amide bonds. The molecule has 0 aliphatic heterocycles. The van der Waals surface area contributed by atoms with Crippen molar-refractivity contribution < 1.29 is 4.42 Å². The third kappa shape index (κ3) is 4.79. The summed E-state index contributed by atoms with van der Waals surface area (Å²) >= 11 is 1.86. The zero-order valence-electron chi connectivity index (χ0n) is 26.7. The second-order valence-corrected chi connectivity index (χ2v) is 13.4. The molecule has 50 heavy (non-hydrogen) atoms. The van der Waals surface area contributed by atoms with Gasteiger partial charge in [-0.1, -0.05) is 140 Å². The highest BCUT2D eigenvalue weighted by Gasteiger charge is 2.17. The van der Waals surface area contributed by atoms with Crippen LogP contribution in [0.1, 0.15) is 0 Å². The molecule has 0 N–H and O–H groups in total. The number of benzene rings is 7. The van der Waals surface area contributed by atoms with Crippen LogP contribution in [0.15, 0.2) is 168 Å². The maximum Gasteiger partial charge on any atom is 0.164 e. The van der Waals surface area contributed by atoms with Gasteiger partial charge in [-0.15, -0.1) is 11.3 Å². The van der Waals surface area contributed by atoms with Crippen LogP contribution in [-0.4, -0.2) is 15.0 Å². The van der Waals surface area contributed by atoms with Gasteiger partial charge >= 0.3 is 0 Å². The first-order valence-corrected chi connectivity index (χ1v) is 17.4. The largest absolute Gasteiger partial charge is 0.456 e. The van der Waals surface area contributed by atoms with Gasteiger partial charge in [0.1, 0.15) is 11.2 Å². The smallest absolute Gasteiger partial charge is 0.164 e. The summed E-state index contributed by atoms with van der Waals surface area (Å²) < 4.78 is 8.79. The molecular formula is C45H27N3OS. The molecular weight excluding hydrogens is 631 g/mol. The van der Waals surface area contributed by atoms with Crippen molar-refractivity contribution >= 4 is 53.4 Å². The number of hydrogen-bond donors (Lipinski definition) is 0. The summed E-state index contributed by atoms with van der Waals surface area (Å²) in [4.78, 5) is 15.1. The van der Waals surface area contributed by atoms with E-state index in [1.807, 2.05) is 65.9 Å². The number of fused-ring (bicyclic) bond motifs is 6. The lowest BCUT2D eigenvalue weighted by Crippen LogP contribution is -2.00. The second kappa shape index (κ2) is 11.6. The Morgan fingerprint density at radius 1 is 0.340 bits per heavy atom. The average Bonchev–Trinajstić information content (AvgIpc) is 3.77. The fourth-order valence-electron chi connectivity index (χ4n) is 6.93. The molecule has 0 unspecified atom stereocenters. The zero-order chi connectivity index (χ0) is 33.0. The highest BCUT2D eigenvalue weighted by atomic mass is 32.1. The number of aromatic nitrogens is 3. The van der Waals surface area contributed by atoms with E-state index in [2.05, 4.69) is 109 Å². The lowest BCUT2D eigenvalue weighted by Gasteiger charge is -2.10. The van der Waals surface area contributed by atoms with Crippen molar-refractivity contribution in [3.63, 3.8) is 0 Å². The zero-order valence-corrected chi connectivity index (χ0v) is 27.6. The fraction of sp³-hybridized carbons (Fsp3) is 0. The summed E-state index contributed by atoms with van der Waals surface area (Å²) in [5, 5.41) is 4.71. The predicted molar refractivity (Wildman–Crippen MR) is 207 cm³/mol. The summed E-state index contributed by atoms with van der Waals surface area (Å²) in [6.07, 6.45) is 0. The Labute approximate surface area is 292 Å². The number of rotatable bonds is 5. The highest BCUT2D eigenvalue weighted by molar-refractivity contribution is 7.26.